The van der Waals surface area contributed by atoms with Crippen molar-refractivity contribution in [3.63, 3.8) is 0 Å². The van der Waals surface area contributed by atoms with Crippen LogP contribution in [0.2, 0.25) is 0 Å². The van der Waals surface area contributed by atoms with Crippen LogP contribution in [-0.4, -0.2) is 63.8 Å². The average Bonchev–Trinajstić information content (AvgIpc) is 3.10. The third-order valence-electron chi connectivity index (χ3n) is 4.25. The predicted molar refractivity (Wildman–Crippen MR) is 91.9 cm³/mol. The van der Waals surface area contributed by atoms with Crippen LogP contribution in [0.1, 0.15) is 18.4 Å². The maximum atomic E-state index is 12.7. The van der Waals surface area contributed by atoms with E-state index in [1.165, 1.54) is 0 Å². The van der Waals surface area contributed by atoms with E-state index in [2.05, 4.69) is 4.98 Å². The summed E-state index contributed by atoms with van der Waals surface area (Å²) in [5.41, 5.74) is 0.885. The fourth-order valence-electron chi connectivity index (χ4n) is 3.02. The van der Waals surface area contributed by atoms with Crippen molar-refractivity contribution in [2.45, 2.75) is 18.9 Å². The first-order chi connectivity index (χ1) is 11.3. The zero-order valence-corrected chi connectivity index (χ0v) is 13.9. The van der Waals surface area contributed by atoms with Gasteiger partial charge in [-0.05, 0) is 30.5 Å². The highest BCUT2D eigenvalue weighted by Gasteiger charge is 2.35. The smallest absolute Gasteiger partial charge is 0.247 e. The minimum absolute atomic E-state index is 0.0870. The Bertz CT molecular complexity index is 585. The highest BCUT2D eigenvalue weighted by Crippen LogP contribution is 2.22. The molecule has 3 heterocycles. The Kier molecular flexibility index (Phi) is 5.33. The molecule has 2 saturated heterocycles. The van der Waals surface area contributed by atoms with Crippen LogP contribution in [0.3, 0.4) is 0 Å². The molecule has 0 unspecified atom stereocenters. The van der Waals surface area contributed by atoms with E-state index in [-0.39, 0.29) is 17.9 Å². The summed E-state index contributed by atoms with van der Waals surface area (Å²) in [6, 6.07) is 3.44. The highest BCUT2D eigenvalue weighted by molar-refractivity contribution is 7.99. The maximum Gasteiger partial charge on any atom is 0.247 e. The van der Waals surface area contributed by atoms with E-state index in [9.17, 15) is 9.59 Å². The molecule has 0 bridgehead atoms. The summed E-state index contributed by atoms with van der Waals surface area (Å²) in [4.78, 5) is 32.8. The van der Waals surface area contributed by atoms with Gasteiger partial charge in [-0.1, -0.05) is 6.07 Å². The zero-order chi connectivity index (χ0) is 16.1. The van der Waals surface area contributed by atoms with Crippen molar-refractivity contribution in [3.8, 4) is 0 Å². The summed E-state index contributed by atoms with van der Waals surface area (Å²) in [6.45, 7) is 2.26. The molecule has 0 saturated carbocycles. The molecule has 2 aliphatic rings. The van der Waals surface area contributed by atoms with Crippen LogP contribution in [0.25, 0.3) is 6.08 Å². The molecule has 23 heavy (non-hydrogen) atoms. The van der Waals surface area contributed by atoms with E-state index >= 15 is 0 Å². The van der Waals surface area contributed by atoms with Gasteiger partial charge in [0.1, 0.15) is 6.04 Å². The molecule has 0 N–H and O–H groups in total. The molecule has 1 aromatic rings. The maximum absolute atomic E-state index is 12.7. The third kappa shape index (κ3) is 3.93. The number of likely N-dealkylation sites (tertiary alicyclic amines) is 1. The molecule has 2 amide bonds. The average molecular weight is 331 g/mol. The Morgan fingerprint density at radius 3 is 2.83 bits per heavy atom. The van der Waals surface area contributed by atoms with Crippen LogP contribution in [0.4, 0.5) is 0 Å². The van der Waals surface area contributed by atoms with Crippen LogP contribution >= 0.6 is 11.8 Å². The molecular weight excluding hydrogens is 310 g/mol. The quantitative estimate of drug-likeness (QED) is 0.791. The van der Waals surface area contributed by atoms with Gasteiger partial charge in [0.15, 0.2) is 0 Å². The first-order valence-corrected chi connectivity index (χ1v) is 9.16. The molecule has 1 atom stereocenters. The van der Waals surface area contributed by atoms with Gasteiger partial charge < -0.3 is 9.80 Å². The van der Waals surface area contributed by atoms with Crippen LogP contribution in [0, 0.1) is 0 Å². The summed E-state index contributed by atoms with van der Waals surface area (Å²) in [5.74, 6) is 2.02. The van der Waals surface area contributed by atoms with Gasteiger partial charge in [-0.2, -0.15) is 11.8 Å². The van der Waals surface area contributed by atoms with E-state index < -0.39 is 0 Å². The van der Waals surface area contributed by atoms with Gasteiger partial charge in [-0.15, -0.1) is 0 Å². The summed E-state index contributed by atoms with van der Waals surface area (Å²) in [7, 11) is 0. The topological polar surface area (TPSA) is 53.5 Å². The van der Waals surface area contributed by atoms with E-state index in [0.29, 0.717) is 6.54 Å². The standard InChI is InChI=1S/C17H21N3O2S/c21-16(6-5-14-3-1-7-18-13-14)20-8-2-4-15(20)17(22)19-9-11-23-12-10-19/h1,3,5-7,13,15H,2,4,8-12H2/b6-5+/t15-/m1/s1. The van der Waals surface area contributed by atoms with E-state index in [1.54, 1.807) is 29.4 Å². The lowest BCUT2D eigenvalue weighted by Gasteiger charge is -2.32. The van der Waals surface area contributed by atoms with Crippen molar-refractivity contribution in [3.05, 3.63) is 36.2 Å². The van der Waals surface area contributed by atoms with Gasteiger partial charge in [0.05, 0.1) is 0 Å². The monoisotopic (exact) mass is 331 g/mol. The molecule has 3 rings (SSSR count). The highest BCUT2D eigenvalue weighted by atomic mass is 32.2. The second kappa shape index (κ2) is 7.64. The van der Waals surface area contributed by atoms with Crippen molar-refractivity contribution in [1.82, 2.24) is 14.8 Å². The largest absolute Gasteiger partial charge is 0.339 e. The fraction of sp³-hybridized carbons (Fsp3) is 0.471. The molecule has 122 valence electrons. The summed E-state index contributed by atoms with van der Waals surface area (Å²) >= 11 is 1.88. The summed E-state index contributed by atoms with van der Waals surface area (Å²) in [6.07, 6.45) is 8.38. The molecule has 1 aromatic heterocycles. The molecule has 2 fully saturated rings. The number of carbonyl (C=O) groups excluding carboxylic acids is 2. The number of hydrogen-bond donors (Lipinski definition) is 0. The zero-order valence-electron chi connectivity index (χ0n) is 13.1. The van der Waals surface area contributed by atoms with Crippen LogP contribution in [0.15, 0.2) is 30.6 Å². The molecule has 0 radical (unpaired) electrons. The van der Waals surface area contributed by atoms with Crippen molar-refractivity contribution < 1.29 is 9.59 Å². The fourth-order valence-corrected chi connectivity index (χ4v) is 3.92. The number of rotatable bonds is 3. The van der Waals surface area contributed by atoms with E-state index in [0.717, 1.165) is 43.0 Å². The van der Waals surface area contributed by atoms with Gasteiger partial charge in [0.25, 0.3) is 0 Å². The number of nitrogens with zero attached hydrogens (tertiary/aromatic N) is 3. The number of aromatic nitrogens is 1. The molecule has 6 heteroatoms. The summed E-state index contributed by atoms with van der Waals surface area (Å²) < 4.78 is 0. The van der Waals surface area contributed by atoms with Crippen LogP contribution in [0.5, 0.6) is 0 Å². The first kappa shape index (κ1) is 16.1. The molecule has 0 aliphatic carbocycles. The number of hydrogen-bond acceptors (Lipinski definition) is 4. The summed E-state index contributed by atoms with van der Waals surface area (Å²) in [5, 5.41) is 0. The van der Waals surface area contributed by atoms with Gasteiger partial charge in [0.2, 0.25) is 11.8 Å². The molecule has 5 nitrogen and oxygen atoms in total. The first-order valence-electron chi connectivity index (χ1n) is 8.01. The van der Waals surface area contributed by atoms with Gasteiger partial charge in [-0.25, -0.2) is 0 Å². The van der Waals surface area contributed by atoms with Crippen LogP contribution in [-0.2, 0) is 9.59 Å². The van der Waals surface area contributed by atoms with Crippen molar-refractivity contribution >= 4 is 29.7 Å². The van der Waals surface area contributed by atoms with Crippen molar-refractivity contribution in [1.29, 1.82) is 0 Å². The second-order valence-corrected chi connectivity index (χ2v) is 6.97. The van der Waals surface area contributed by atoms with E-state index in [1.807, 2.05) is 28.8 Å². The van der Waals surface area contributed by atoms with Gasteiger partial charge in [-0.3, -0.25) is 14.6 Å². The van der Waals surface area contributed by atoms with Crippen molar-refractivity contribution in [2.24, 2.45) is 0 Å². The number of amides is 2. The lowest BCUT2D eigenvalue weighted by atomic mass is 10.2. The predicted octanol–water partition coefficient (Wildman–Crippen LogP) is 1.66. The molecule has 0 spiro atoms. The van der Waals surface area contributed by atoms with Gasteiger partial charge >= 0.3 is 0 Å². The molecule has 2 aliphatic heterocycles. The number of carbonyl (C=O) groups is 2. The lowest BCUT2D eigenvalue weighted by Crippen LogP contribution is -2.49. The number of thioether (sulfide) groups is 1. The molecule has 0 aromatic carbocycles. The Balaban J connectivity index is 1.64. The minimum Gasteiger partial charge on any atom is -0.339 e. The van der Waals surface area contributed by atoms with Crippen molar-refractivity contribution in [2.75, 3.05) is 31.1 Å². The third-order valence-corrected chi connectivity index (χ3v) is 5.19. The Morgan fingerprint density at radius 2 is 2.09 bits per heavy atom. The Labute approximate surface area is 140 Å². The Morgan fingerprint density at radius 1 is 1.26 bits per heavy atom. The Hall–Kier alpha value is -1.82. The second-order valence-electron chi connectivity index (χ2n) is 5.75. The minimum atomic E-state index is -0.288. The van der Waals surface area contributed by atoms with Crippen LogP contribution < -0.4 is 0 Å². The lowest BCUT2D eigenvalue weighted by molar-refractivity contribution is -0.141. The normalized spacial score (nSPS) is 21.8. The van der Waals surface area contributed by atoms with E-state index in [4.69, 9.17) is 0 Å². The number of pyridine rings is 1. The molecular formula is C17H21N3O2S. The van der Waals surface area contributed by atoms with Gasteiger partial charge in [0, 0.05) is 49.6 Å². The SMILES string of the molecule is O=C([C@H]1CCCN1C(=O)/C=C/c1cccnc1)N1CCSCC1.